The minimum Gasteiger partial charge on any atom is -0.492 e. The van der Waals surface area contributed by atoms with E-state index in [4.69, 9.17) is 10.5 Å². The van der Waals surface area contributed by atoms with Gasteiger partial charge in [-0.25, -0.2) is 0 Å². The summed E-state index contributed by atoms with van der Waals surface area (Å²) in [5.41, 5.74) is 6.63. The molecule has 1 aromatic rings. The molecule has 5 heteroatoms. The van der Waals surface area contributed by atoms with Crippen molar-refractivity contribution in [3.63, 3.8) is 0 Å². The summed E-state index contributed by atoms with van der Waals surface area (Å²) in [4.78, 5) is 15.2. The minimum atomic E-state index is -0.0491. The van der Waals surface area contributed by atoms with Gasteiger partial charge >= 0.3 is 0 Å². The molecule has 0 unspecified atom stereocenters. The van der Waals surface area contributed by atoms with Gasteiger partial charge in [0.05, 0.1) is 17.7 Å². The number of ether oxygens (including phenoxy) is 1. The lowest BCUT2D eigenvalue weighted by atomic mass is 10.1. The summed E-state index contributed by atoms with van der Waals surface area (Å²) in [5.74, 6) is 1.50. The van der Waals surface area contributed by atoms with Gasteiger partial charge in [0, 0.05) is 19.0 Å². The highest BCUT2D eigenvalue weighted by Crippen LogP contribution is 2.46. The molecule has 2 rings (SSSR count). The van der Waals surface area contributed by atoms with E-state index in [2.05, 4.69) is 11.8 Å². The van der Waals surface area contributed by atoms with E-state index in [0.717, 1.165) is 24.0 Å². The molecule has 0 saturated heterocycles. The number of rotatable bonds is 7. The standard InChI is InChI=1S/C15H24N2O2S/c1-5-17(8-10-6-7-10)15-13(19-4)11(16)14(20-15)12(18)9(2)3/h9-10H,5-8,16H2,1-4H3. The topological polar surface area (TPSA) is 55.6 Å². The minimum absolute atomic E-state index is 0.0491. The van der Waals surface area contributed by atoms with Crippen LogP contribution in [0.5, 0.6) is 5.75 Å². The molecule has 0 spiro atoms. The summed E-state index contributed by atoms with van der Waals surface area (Å²) < 4.78 is 5.46. The molecule has 1 heterocycles. The SMILES string of the molecule is CCN(CC1CC1)c1sc(C(=O)C(C)C)c(N)c1OC. The van der Waals surface area contributed by atoms with Crippen molar-refractivity contribution >= 4 is 27.8 Å². The summed E-state index contributed by atoms with van der Waals surface area (Å²) in [6.07, 6.45) is 2.61. The van der Waals surface area contributed by atoms with Crippen molar-refractivity contribution in [2.24, 2.45) is 11.8 Å². The van der Waals surface area contributed by atoms with Gasteiger partial charge in [-0.1, -0.05) is 13.8 Å². The zero-order valence-electron chi connectivity index (χ0n) is 12.7. The Morgan fingerprint density at radius 2 is 2.15 bits per heavy atom. The third kappa shape index (κ3) is 2.92. The second-order valence-corrected chi connectivity index (χ2v) is 6.68. The first kappa shape index (κ1) is 15.2. The summed E-state index contributed by atoms with van der Waals surface area (Å²) >= 11 is 1.48. The molecule has 0 aromatic carbocycles. The van der Waals surface area contributed by atoms with E-state index in [1.165, 1.54) is 24.2 Å². The lowest BCUT2D eigenvalue weighted by Crippen LogP contribution is -2.24. The van der Waals surface area contributed by atoms with Gasteiger partial charge in [-0.3, -0.25) is 4.79 Å². The van der Waals surface area contributed by atoms with E-state index in [-0.39, 0.29) is 11.7 Å². The Bertz CT molecular complexity index is 492. The number of thiophene rings is 1. The molecule has 0 aliphatic heterocycles. The van der Waals surface area contributed by atoms with Gasteiger partial charge in [-0.05, 0) is 25.7 Å². The molecule has 1 saturated carbocycles. The highest BCUT2D eigenvalue weighted by Gasteiger charge is 2.29. The number of carbonyl (C=O) groups excluding carboxylic acids is 1. The maximum absolute atomic E-state index is 12.2. The number of methoxy groups -OCH3 is 1. The Balaban J connectivity index is 2.35. The van der Waals surface area contributed by atoms with E-state index in [1.807, 2.05) is 13.8 Å². The predicted molar refractivity (Wildman–Crippen MR) is 85.1 cm³/mol. The van der Waals surface area contributed by atoms with Gasteiger partial charge in [0.15, 0.2) is 11.5 Å². The second kappa shape index (κ2) is 6.04. The van der Waals surface area contributed by atoms with Gasteiger partial charge in [0.2, 0.25) is 0 Å². The van der Waals surface area contributed by atoms with Crippen LogP contribution < -0.4 is 15.4 Å². The number of ketones is 1. The van der Waals surface area contributed by atoms with Gasteiger partial charge < -0.3 is 15.4 Å². The Kier molecular flexibility index (Phi) is 4.58. The van der Waals surface area contributed by atoms with Crippen molar-refractivity contribution in [1.82, 2.24) is 0 Å². The second-order valence-electron chi connectivity index (χ2n) is 5.68. The molecule has 1 fully saturated rings. The van der Waals surface area contributed by atoms with Crippen molar-refractivity contribution in [2.75, 3.05) is 30.8 Å². The summed E-state index contributed by atoms with van der Waals surface area (Å²) in [7, 11) is 1.62. The molecule has 112 valence electrons. The van der Waals surface area contributed by atoms with Crippen LogP contribution in [0.15, 0.2) is 0 Å². The molecular weight excluding hydrogens is 272 g/mol. The molecule has 20 heavy (non-hydrogen) atoms. The van der Waals surface area contributed by atoms with Crippen molar-refractivity contribution in [1.29, 1.82) is 0 Å². The smallest absolute Gasteiger partial charge is 0.177 e. The lowest BCUT2D eigenvalue weighted by Gasteiger charge is -2.22. The van der Waals surface area contributed by atoms with Crippen LogP contribution in [0, 0.1) is 11.8 Å². The molecule has 1 aliphatic carbocycles. The fourth-order valence-corrected chi connectivity index (χ4v) is 3.59. The average molecular weight is 296 g/mol. The van der Waals surface area contributed by atoms with E-state index in [1.54, 1.807) is 7.11 Å². The van der Waals surface area contributed by atoms with Crippen molar-refractivity contribution < 1.29 is 9.53 Å². The fourth-order valence-electron chi connectivity index (χ4n) is 2.23. The summed E-state index contributed by atoms with van der Waals surface area (Å²) in [6.45, 7) is 7.86. The molecule has 1 aliphatic rings. The number of nitrogens with zero attached hydrogens (tertiary/aromatic N) is 1. The Hall–Kier alpha value is -1.23. The van der Waals surface area contributed by atoms with Crippen LogP contribution >= 0.6 is 11.3 Å². The van der Waals surface area contributed by atoms with Gasteiger partial charge in [0.25, 0.3) is 0 Å². The zero-order chi connectivity index (χ0) is 14.9. The number of hydrogen-bond acceptors (Lipinski definition) is 5. The number of nitrogen functional groups attached to an aromatic ring is 1. The molecule has 2 N–H and O–H groups in total. The van der Waals surface area contributed by atoms with E-state index in [9.17, 15) is 4.79 Å². The normalized spacial score (nSPS) is 14.7. The number of Topliss-reactive ketones (excluding diaryl/α,β-unsaturated/α-hetero) is 1. The molecule has 4 nitrogen and oxygen atoms in total. The maximum atomic E-state index is 12.2. The number of carbonyl (C=O) groups is 1. The quantitative estimate of drug-likeness (QED) is 0.783. The van der Waals surface area contributed by atoms with Crippen molar-refractivity contribution in [3.8, 4) is 5.75 Å². The Labute approximate surface area is 124 Å². The van der Waals surface area contributed by atoms with Crippen LogP contribution in [-0.4, -0.2) is 26.0 Å². The van der Waals surface area contributed by atoms with Crippen LogP contribution in [0.4, 0.5) is 10.7 Å². The third-order valence-electron chi connectivity index (χ3n) is 3.68. The first-order valence-corrected chi connectivity index (χ1v) is 8.06. The molecule has 0 bridgehead atoms. The highest BCUT2D eigenvalue weighted by molar-refractivity contribution is 7.19. The molecular formula is C15H24N2O2S. The third-order valence-corrected chi connectivity index (χ3v) is 4.94. The van der Waals surface area contributed by atoms with Crippen molar-refractivity contribution in [2.45, 2.75) is 33.6 Å². The molecule has 0 atom stereocenters. The Morgan fingerprint density at radius 3 is 2.60 bits per heavy atom. The van der Waals surface area contributed by atoms with Gasteiger partial charge in [0.1, 0.15) is 5.00 Å². The first-order chi connectivity index (χ1) is 9.49. The number of hydrogen-bond donors (Lipinski definition) is 1. The summed E-state index contributed by atoms with van der Waals surface area (Å²) in [5, 5.41) is 1.00. The van der Waals surface area contributed by atoms with E-state index < -0.39 is 0 Å². The van der Waals surface area contributed by atoms with Crippen LogP contribution in [0.1, 0.15) is 43.3 Å². The maximum Gasteiger partial charge on any atom is 0.177 e. The fraction of sp³-hybridized carbons (Fsp3) is 0.667. The number of nitrogens with two attached hydrogens (primary N) is 1. The monoisotopic (exact) mass is 296 g/mol. The van der Waals surface area contributed by atoms with Crippen molar-refractivity contribution in [3.05, 3.63) is 4.88 Å². The first-order valence-electron chi connectivity index (χ1n) is 7.24. The molecule has 1 aromatic heterocycles. The van der Waals surface area contributed by atoms with Gasteiger partial charge in [-0.2, -0.15) is 0 Å². The van der Waals surface area contributed by atoms with E-state index >= 15 is 0 Å². The molecule has 0 radical (unpaired) electrons. The largest absolute Gasteiger partial charge is 0.492 e. The van der Waals surface area contributed by atoms with Crippen LogP contribution in [0.25, 0.3) is 0 Å². The average Bonchev–Trinajstić information content (AvgIpc) is 3.18. The zero-order valence-corrected chi connectivity index (χ0v) is 13.5. The van der Waals surface area contributed by atoms with Crippen LogP contribution in [-0.2, 0) is 0 Å². The lowest BCUT2D eigenvalue weighted by molar-refractivity contribution is 0.0944. The van der Waals surface area contributed by atoms with Crippen LogP contribution in [0.3, 0.4) is 0 Å². The van der Waals surface area contributed by atoms with Crippen LogP contribution in [0.2, 0.25) is 0 Å². The van der Waals surface area contributed by atoms with Gasteiger partial charge in [-0.15, -0.1) is 11.3 Å². The molecule has 0 amide bonds. The highest BCUT2D eigenvalue weighted by atomic mass is 32.1. The van der Waals surface area contributed by atoms with E-state index in [0.29, 0.717) is 16.3 Å². The Morgan fingerprint density at radius 1 is 1.50 bits per heavy atom. The summed E-state index contributed by atoms with van der Waals surface area (Å²) in [6, 6.07) is 0. The number of anilines is 2. The predicted octanol–water partition coefficient (Wildman–Crippen LogP) is 3.41.